The third-order valence-electron chi connectivity index (χ3n) is 3.47. The summed E-state index contributed by atoms with van der Waals surface area (Å²) in [7, 11) is -3.86. The zero-order valence-corrected chi connectivity index (χ0v) is 14.2. The van der Waals surface area contributed by atoms with Gasteiger partial charge in [0, 0.05) is 17.7 Å². The van der Waals surface area contributed by atoms with Crippen molar-refractivity contribution in [2.45, 2.75) is 16.7 Å². The number of H-pyrrole nitrogens is 1. The van der Waals surface area contributed by atoms with E-state index in [-0.39, 0.29) is 27.2 Å². The molecule has 0 bridgehead atoms. The van der Waals surface area contributed by atoms with Crippen molar-refractivity contribution >= 4 is 38.3 Å². The number of anilines is 1. The van der Waals surface area contributed by atoms with Crippen LogP contribution >= 0.6 is 11.3 Å². The van der Waals surface area contributed by atoms with Crippen LogP contribution in [0.4, 0.5) is 14.7 Å². The second-order valence-corrected chi connectivity index (χ2v) is 8.06. The van der Waals surface area contributed by atoms with E-state index in [4.69, 9.17) is 5.14 Å². The molecular weight excluding hydrogens is 394 g/mol. The van der Waals surface area contributed by atoms with E-state index >= 15 is 0 Å². The summed E-state index contributed by atoms with van der Waals surface area (Å²) in [6.07, 6.45) is -5.00. The number of aromatic amines is 1. The summed E-state index contributed by atoms with van der Waals surface area (Å²) in [5, 5.41) is 19.3. The summed E-state index contributed by atoms with van der Waals surface area (Å²) in [5.41, 5.74) is 0.943. The summed E-state index contributed by atoms with van der Waals surface area (Å²) in [5.74, 6) is -0.170. The Labute approximate surface area is 148 Å². The number of ether oxygens (including phenoxy) is 2. The molecule has 2 aromatic heterocycles. The molecule has 0 aliphatic carbocycles. The molecule has 0 saturated carbocycles. The van der Waals surface area contributed by atoms with Gasteiger partial charge in [-0.25, -0.2) is 18.5 Å². The van der Waals surface area contributed by atoms with Gasteiger partial charge in [0.25, 0.3) is 0 Å². The monoisotopic (exact) mass is 404 g/mol. The number of alkyl halides is 2. The predicted octanol–water partition coefficient (Wildman–Crippen LogP) is 1.70. The lowest BCUT2D eigenvalue weighted by molar-refractivity contribution is -0.286. The van der Waals surface area contributed by atoms with Gasteiger partial charge in [0.1, 0.15) is 4.21 Å². The number of hydrogen-bond acceptors (Lipinski definition) is 8. The van der Waals surface area contributed by atoms with Crippen molar-refractivity contribution < 1.29 is 31.8 Å². The molecule has 3 heterocycles. The molecule has 3 aromatic rings. The fourth-order valence-corrected chi connectivity index (χ4v) is 3.99. The minimum atomic E-state index is -3.86. The summed E-state index contributed by atoms with van der Waals surface area (Å²) < 4.78 is 57.3. The Hall–Kier alpha value is -2.48. The molecule has 1 atom stereocenters. The molecule has 1 unspecified atom stereocenters. The van der Waals surface area contributed by atoms with Crippen LogP contribution in [0.25, 0.3) is 11.0 Å². The van der Waals surface area contributed by atoms with Crippen LogP contribution in [-0.2, 0) is 10.0 Å². The highest BCUT2D eigenvalue weighted by Crippen LogP contribution is 2.43. The van der Waals surface area contributed by atoms with Crippen molar-refractivity contribution in [1.29, 1.82) is 0 Å². The maximum Gasteiger partial charge on any atom is 0.586 e. The molecule has 0 radical (unpaired) electrons. The van der Waals surface area contributed by atoms with Crippen LogP contribution in [0.2, 0.25) is 0 Å². The maximum absolute atomic E-state index is 13.0. The van der Waals surface area contributed by atoms with Gasteiger partial charge in [0.05, 0.1) is 11.0 Å². The molecule has 13 heteroatoms. The van der Waals surface area contributed by atoms with Crippen LogP contribution in [-0.4, -0.2) is 29.8 Å². The number of hydrogen-bond donors (Lipinski definition) is 4. The van der Waals surface area contributed by atoms with Crippen LogP contribution in [0.3, 0.4) is 0 Å². The summed E-state index contributed by atoms with van der Waals surface area (Å²) in [6, 6.07) is 3.79. The minimum Gasteiger partial charge on any atom is -0.395 e. The summed E-state index contributed by atoms with van der Waals surface area (Å²) >= 11 is 0.867. The van der Waals surface area contributed by atoms with Gasteiger partial charge in [-0.2, -0.15) is 0 Å². The number of nitrogens with one attached hydrogen (secondary N) is 2. The van der Waals surface area contributed by atoms with Crippen LogP contribution in [0.15, 0.2) is 27.8 Å². The molecule has 0 spiro atoms. The molecule has 9 nitrogen and oxygen atoms in total. The number of nitrogens with two attached hydrogens (primary N) is 1. The molecule has 0 saturated heterocycles. The highest BCUT2D eigenvalue weighted by molar-refractivity contribution is 7.91. The van der Waals surface area contributed by atoms with Crippen LogP contribution in [0, 0.1) is 0 Å². The van der Waals surface area contributed by atoms with E-state index in [0.29, 0.717) is 11.0 Å². The van der Waals surface area contributed by atoms with Crippen LogP contribution in [0.5, 0.6) is 11.5 Å². The summed E-state index contributed by atoms with van der Waals surface area (Å²) in [4.78, 5) is 6.90. The van der Waals surface area contributed by atoms with E-state index in [1.165, 1.54) is 23.6 Å². The standard InChI is InChI=1S/C13H10F2N4O5S2/c14-13(15)23-8-2-6-7(3-9(8)24-13)18-12(17-6)19-11(20)5-1-10(25-4-5)26(16,21)22/h1-4,11,20H,(H2,16,21,22)(H2,17,18,19). The molecule has 0 fully saturated rings. The number of rotatable bonds is 4. The Bertz CT molecular complexity index is 1070. The number of aliphatic hydroxyl groups excluding tert-OH is 1. The molecule has 1 aromatic carbocycles. The number of imidazole rings is 1. The lowest BCUT2D eigenvalue weighted by atomic mass is 10.3. The molecule has 1 aliphatic rings. The van der Waals surface area contributed by atoms with Gasteiger partial charge in [0.15, 0.2) is 17.7 Å². The van der Waals surface area contributed by atoms with Gasteiger partial charge in [-0.1, -0.05) is 0 Å². The Morgan fingerprint density at radius 2 is 2.00 bits per heavy atom. The largest absolute Gasteiger partial charge is 0.586 e. The van der Waals surface area contributed by atoms with Gasteiger partial charge < -0.3 is 24.9 Å². The number of thiophene rings is 1. The SMILES string of the molecule is NS(=O)(=O)c1cc(C(O)Nc2nc3cc4c(cc3[nH]2)OC(F)(F)O4)cs1. The van der Waals surface area contributed by atoms with Crippen molar-refractivity contribution in [3.05, 3.63) is 29.1 Å². The second kappa shape index (κ2) is 5.51. The topological polar surface area (TPSA) is 140 Å². The zero-order chi connectivity index (χ0) is 18.7. The first-order chi connectivity index (χ1) is 12.1. The van der Waals surface area contributed by atoms with E-state index in [0.717, 1.165) is 11.3 Å². The average Bonchev–Trinajstić information content (AvgIpc) is 3.17. The predicted molar refractivity (Wildman–Crippen MR) is 86.6 cm³/mol. The molecule has 0 amide bonds. The van der Waals surface area contributed by atoms with Crippen molar-refractivity contribution in [3.63, 3.8) is 0 Å². The highest BCUT2D eigenvalue weighted by atomic mass is 32.2. The van der Waals surface area contributed by atoms with Gasteiger partial charge in [-0.3, -0.25) is 0 Å². The van der Waals surface area contributed by atoms with Crippen LogP contribution < -0.4 is 19.9 Å². The van der Waals surface area contributed by atoms with E-state index in [1.807, 2.05) is 0 Å². The van der Waals surface area contributed by atoms with E-state index < -0.39 is 22.5 Å². The number of sulfonamides is 1. The smallest absolute Gasteiger partial charge is 0.395 e. The molecule has 138 valence electrons. The second-order valence-electron chi connectivity index (χ2n) is 5.36. The van der Waals surface area contributed by atoms with Crippen molar-refractivity contribution in [3.8, 4) is 11.5 Å². The molecule has 4 rings (SSSR count). The average molecular weight is 404 g/mol. The quantitative estimate of drug-likeness (QED) is 0.485. The van der Waals surface area contributed by atoms with Crippen molar-refractivity contribution in [1.82, 2.24) is 9.97 Å². The normalized spacial score (nSPS) is 16.8. The fraction of sp³-hybridized carbons (Fsp3) is 0.154. The number of aromatic nitrogens is 2. The zero-order valence-electron chi connectivity index (χ0n) is 12.6. The number of fused-ring (bicyclic) bond motifs is 2. The van der Waals surface area contributed by atoms with E-state index in [9.17, 15) is 22.3 Å². The van der Waals surface area contributed by atoms with E-state index in [1.54, 1.807) is 0 Å². The Balaban J connectivity index is 1.57. The number of halogens is 2. The van der Waals surface area contributed by atoms with E-state index in [2.05, 4.69) is 24.8 Å². The number of aliphatic hydroxyl groups is 1. The lowest BCUT2D eigenvalue weighted by Gasteiger charge is -2.09. The van der Waals surface area contributed by atoms with Gasteiger partial charge in [-0.05, 0) is 11.4 Å². The highest BCUT2D eigenvalue weighted by Gasteiger charge is 2.43. The Kier molecular flexibility index (Phi) is 3.59. The Morgan fingerprint density at radius 3 is 2.65 bits per heavy atom. The number of primary sulfonamides is 1. The molecule has 1 aliphatic heterocycles. The van der Waals surface area contributed by atoms with Gasteiger partial charge in [-0.15, -0.1) is 20.1 Å². The third-order valence-corrected chi connectivity index (χ3v) is 5.87. The first-order valence-electron chi connectivity index (χ1n) is 6.96. The fourth-order valence-electron chi connectivity index (χ4n) is 2.36. The maximum atomic E-state index is 13.0. The molecular formula is C13H10F2N4O5S2. The third kappa shape index (κ3) is 3.05. The van der Waals surface area contributed by atoms with Gasteiger partial charge in [0.2, 0.25) is 16.0 Å². The Morgan fingerprint density at radius 1 is 1.31 bits per heavy atom. The first kappa shape index (κ1) is 17.0. The number of nitrogens with zero attached hydrogens (tertiary/aromatic N) is 1. The summed E-state index contributed by atoms with van der Waals surface area (Å²) in [6.45, 7) is 0. The molecule has 26 heavy (non-hydrogen) atoms. The minimum absolute atomic E-state index is 0.0930. The van der Waals surface area contributed by atoms with Crippen molar-refractivity contribution in [2.24, 2.45) is 5.14 Å². The lowest BCUT2D eigenvalue weighted by Crippen LogP contribution is -2.25. The molecule has 5 N–H and O–H groups in total. The first-order valence-corrected chi connectivity index (χ1v) is 9.39. The van der Waals surface area contributed by atoms with Crippen LogP contribution in [0.1, 0.15) is 11.8 Å². The van der Waals surface area contributed by atoms with Gasteiger partial charge >= 0.3 is 6.29 Å². The van der Waals surface area contributed by atoms with Crippen molar-refractivity contribution in [2.75, 3.05) is 5.32 Å². The number of benzene rings is 1.